The van der Waals surface area contributed by atoms with Gasteiger partial charge in [0.25, 0.3) is 5.91 Å². The van der Waals surface area contributed by atoms with Gasteiger partial charge in [0, 0.05) is 6.07 Å². The Morgan fingerprint density at radius 2 is 1.79 bits per heavy atom. The largest absolute Gasteiger partial charge is 0.493 e. The van der Waals surface area contributed by atoms with Gasteiger partial charge in [0.2, 0.25) is 15.8 Å². The van der Waals surface area contributed by atoms with E-state index < -0.39 is 15.9 Å². The maximum absolute atomic E-state index is 12.7. The number of carbonyl (C=O) groups excluding carboxylic acids is 1. The molecule has 29 heavy (non-hydrogen) atoms. The van der Waals surface area contributed by atoms with Crippen molar-refractivity contribution >= 4 is 27.7 Å². The Balaban J connectivity index is 2.00. The molecule has 0 fully saturated rings. The first kappa shape index (κ1) is 20.5. The van der Waals surface area contributed by atoms with E-state index in [1.807, 2.05) is 0 Å². The number of methoxy groups -OCH3 is 3. The molecule has 0 saturated carbocycles. The summed E-state index contributed by atoms with van der Waals surface area (Å²) in [7, 11) is 0.419. The third-order valence-electron chi connectivity index (χ3n) is 4.27. The SMILES string of the molecule is COc1cc2c(c(OC)c1OC)C=C(C(=O)Nc1ccccc1S(N)(=O)=O)CO2. The lowest BCUT2D eigenvalue weighted by Crippen LogP contribution is -2.23. The number of rotatable bonds is 6. The Hall–Kier alpha value is -3.24. The highest BCUT2D eigenvalue weighted by Crippen LogP contribution is 2.47. The van der Waals surface area contributed by atoms with E-state index in [2.05, 4.69) is 5.32 Å². The fourth-order valence-electron chi connectivity index (χ4n) is 2.94. The number of nitrogens with one attached hydrogen (secondary N) is 1. The van der Waals surface area contributed by atoms with E-state index >= 15 is 0 Å². The molecule has 3 rings (SSSR count). The molecule has 0 aliphatic carbocycles. The lowest BCUT2D eigenvalue weighted by Gasteiger charge is -2.22. The molecule has 1 amide bonds. The number of hydrogen-bond donors (Lipinski definition) is 2. The van der Waals surface area contributed by atoms with Gasteiger partial charge in [-0.05, 0) is 18.2 Å². The summed E-state index contributed by atoms with van der Waals surface area (Å²) in [5.74, 6) is 1.04. The zero-order valence-corrected chi connectivity index (χ0v) is 16.8. The zero-order chi connectivity index (χ0) is 21.2. The summed E-state index contributed by atoms with van der Waals surface area (Å²) < 4.78 is 45.2. The number of anilines is 1. The molecule has 0 aromatic heterocycles. The summed E-state index contributed by atoms with van der Waals surface area (Å²) in [5.41, 5.74) is 0.833. The highest BCUT2D eigenvalue weighted by molar-refractivity contribution is 7.89. The molecular weight excluding hydrogens is 400 g/mol. The predicted octanol–water partition coefficient (Wildman–Crippen LogP) is 1.77. The van der Waals surface area contributed by atoms with Crippen LogP contribution in [-0.2, 0) is 14.8 Å². The van der Waals surface area contributed by atoms with E-state index in [-0.39, 0.29) is 22.8 Å². The average molecular weight is 420 g/mol. The van der Waals surface area contributed by atoms with Crippen LogP contribution in [-0.4, -0.2) is 42.3 Å². The molecule has 1 aliphatic heterocycles. The fourth-order valence-corrected chi connectivity index (χ4v) is 3.63. The zero-order valence-electron chi connectivity index (χ0n) is 16.0. The highest BCUT2D eigenvalue weighted by atomic mass is 32.2. The number of benzene rings is 2. The number of sulfonamides is 1. The average Bonchev–Trinajstić information content (AvgIpc) is 2.71. The molecule has 9 nitrogen and oxygen atoms in total. The Labute approximate surface area is 168 Å². The minimum atomic E-state index is -4.00. The molecule has 0 radical (unpaired) electrons. The van der Waals surface area contributed by atoms with Gasteiger partial charge in [0.15, 0.2) is 11.5 Å². The van der Waals surface area contributed by atoms with Gasteiger partial charge in [-0.25, -0.2) is 13.6 Å². The predicted molar refractivity (Wildman–Crippen MR) is 106 cm³/mol. The number of para-hydroxylation sites is 1. The minimum absolute atomic E-state index is 0.0327. The van der Waals surface area contributed by atoms with E-state index in [4.69, 9.17) is 24.1 Å². The lowest BCUT2D eigenvalue weighted by atomic mass is 10.0. The summed E-state index contributed by atoms with van der Waals surface area (Å²) in [5, 5.41) is 7.77. The van der Waals surface area contributed by atoms with Crippen LogP contribution in [0, 0.1) is 0 Å². The number of hydrogen-bond acceptors (Lipinski definition) is 7. The second kappa shape index (κ2) is 8.02. The van der Waals surface area contributed by atoms with Crippen molar-refractivity contribution in [1.82, 2.24) is 0 Å². The van der Waals surface area contributed by atoms with Crippen molar-refractivity contribution in [1.29, 1.82) is 0 Å². The van der Waals surface area contributed by atoms with Crippen LogP contribution in [0.1, 0.15) is 5.56 Å². The Kier molecular flexibility index (Phi) is 5.66. The summed E-state index contributed by atoms with van der Waals surface area (Å²) in [6.07, 6.45) is 1.59. The molecule has 0 saturated heterocycles. The van der Waals surface area contributed by atoms with Crippen molar-refractivity contribution in [2.75, 3.05) is 33.3 Å². The van der Waals surface area contributed by atoms with Gasteiger partial charge in [0.05, 0.1) is 38.2 Å². The first-order chi connectivity index (χ1) is 13.8. The second-order valence-electron chi connectivity index (χ2n) is 6.01. The van der Waals surface area contributed by atoms with Crippen molar-refractivity contribution in [3.05, 3.63) is 41.5 Å². The van der Waals surface area contributed by atoms with E-state index in [1.54, 1.807) is 18.2 Å². The molecule has 10 heteroatoms. The van der Waals surface area contributed by atoms with Crippen molar-refractivity contribution in [3.63, 3.8) is 0 Å². The molecule has 0 bridgehead atoms. The van der Waals surface area contributed by atoms with Crippen LogP contribution in [0.2, 0.25) is 0 Å². The van der Waals surface area contributed by atoms with Gasteiger partial charge >= 0.3 is 0 Å². The smallest absolute Gasteiger partial charge is 0.255 e. The van der Waals surface area contributed by atoms with Crippen molar-refractivity contribution < 1.29 is 32.2 Å². The van der Waals surface area contributed by atoms with Gasteiger partial charge in [0.1, 0.15) is 17.3 Å². The normalized spacial score (nSPS) is 12.9. The summed E-state index contributed by atoms with van der Waals surface area (Å²) in [6, 6.07) is 7.50. The van der Waals surface area contributed by atoms with Crippen LogP contribution in [0.5, 0.6) is 23.0 Å². The fraction of sp³-hybridized carbons (Fsp3) is 0.211. The van der Waals surface area contributed by atoms with Crippen LogP contribution in [0.25, 0.3) is 6.08 Å². The van der Waals surface area contributed by atoms with Crippen molar-refractivity contribution in [3.8, 4) is 23.0 Å². The number of fused-ring (bicyclic) bond motifs is 1. The number of amides is 1. The maximum Gasteiger partial charge on any atom is 0.255 e. The highest BCUT2D eigenvalue weighted by Gasteiger charge is 2.26. The van der Waals surface area contributed by atoms with Gasteiger partial charge in [-0.15, -0.1) is 0 Å². The Morgan fingerprint density at radius 1 is 1.10 bits per heavy atom. The summed E-state index contributed by atoms with van der Waals surface area (Å²) in [6.45, 7) is -0.0327. The monoisotopic (exact) mass is 420 g/mol. The lowest BCUT2D eigenvalue weighted by molar-refractivity contribution is -0.113. The molecular formula is C19H20N2O7S. The molecule has 2 aromatic carbocycles. The van der Waals surface area contributed by atoms with E-state index in [9.17, 15) is 13.2 Å². The summed E-state index contributed by atoms with van der Waals surface area (Å²) >= 11 is 0. The molecule has 1 heterocycles. The molecule has 2 aromatic rings. The molecule has 0 unspecified atom stereocenters. The first-order valence-electron chi connectivity index (χ1n) is 8.39. The van der Waals surface area contributed by atoms with E-state index in [1.165, 1.54) is 39.5 Å². The van der Waals surface area contributed by atoms with Crippen LogP contribution >= 0.6 is 0 Å². The molecule has 0 atom stereocenters. The standard InChI is InChI=1S/C19H20N2O7S/c1-25-15-9-14-12(17(26-2)18(15)27-3)8-11(10-28-14)19(22)21-13-6-4-5-7-16(13)29(20,23)24/h4-9H,10H2,1-3H3,(H,21,22)(H2,20,23,24). The third-order valence-corrected chi connectivity index (χ3v) is 5.23. The Morgan fingerprint density at radius 3 is 2.41 bits per heavy atom. The van der Waals surface area contributed by atoms with Gasteiger partial charge in [-0.2, -0.15) is 0 Å². The second-order valence-corrected chi connectivity index (χ2v) is 7.54. The maximum atomic E-state index is 12.7. The third kappa shape index (κ3) is 3.98. The number of nitrogens with two attached hydrogens (primary N) is 1. The minimum Gasteiger partial charge on any atom is -0.493 e. The molecule has 1 aliphatic rings. The number of ether oxygens (including phenoxy) is 4. The number of primary sulfonamides is 1. The van der Waals surface area contributed by atoms with Gasteiger partial charge < -0.3 is 24.3 Å². The molecule has 154 valence electrons. The van der Waals surface area contributed by atoms with Gasteiger partial charge in [-0.1, -0.05) is 12.1 Å². The van der Waals surface area contributed by atoms with Crippen LogP contribution in [0.15, 0.2) is 40.8 Å². The molecule has 0 spiro atoms. The summed E-state index contributed by atoms with van der Waals surface area (Å²) in [4.78, 5) is 12.6. The van der Waals surface area contributed by atoms with Crippen molar-refractivity contribution in [2.45, 2.75) is 4.90 Å². The van der Waals surface area contributed by atoms with E-state index in [0.29, 0.717) is 28.6 Å². The van der Waals surface area contributed by atoms with Gasteiger partial charge in [-0.3, -0.25) is 4.79 Å². The van der Waals surface area contributed by atoms with Crippen LogP contribution < -0.4 is 29.4 Å². The number of carbonyl (C=O) groups is 1. The molecule has 3 N–H and O–H groups in total. The Bertz CT molecular complexity index is 1090. The van der Waals surface area contributed by atoms with Crippen LogP contribution in [0.4, 0.5) is 5.69 Å². The quantitative estimate of drug-likeness (QED) is 0.729. The van der Waals surface area contributed by atoms with Crippen LogP contribution in [0.3, 0.4) is 0 Å². The first-order valence-corrected chi connectivity index (χ1v) is 9.94. The van der Waals surface area contributed by atoms with E-state index in [0.717, 1.165) is 0 Å². The van der Waals surface area contributed by atoms with Crippen molar-refractivity contribution in [2.24, 2.45) is 5.14 Å². The topological polar surface area (TPSA) is 126 Å².